The van der Waals surface area contributed by atoms with Gasteiger partial charge in [0.25, 0.3) is 0 Å². The zero-order valence-electron chi connectivity index (χ0n) is 12.2. The van der Waals surface area contributed by atoms with E-state index in [0.29, 0.717) is 0 Å². The van der Waals surface area contributed by atoms with E-state index in [2.05, 4.69) is 5.32 Å². The van der Waals surface area contributed by atoms with Crippen LogP contribution in [0.3, 0.4) is 0 Å². The summed E-state index contributed by atoms with van der Waals surface area (Å²) >= 11 is 0. The number of Topliss-reactive ketones (excluding diaryl/α,β-unsaturated/α-hetero) is 1. The van der Waals surface area contributed by atoms with E-state index in [9.17, 15) is 19.2 Å². The van der Waals surface area contributed by atoms with Crippen molar-refractivity contribution in [3.63, 3.8) is 0 Å². The van der Waals surface area contributed by atoms with E-state index in [4.69, 9.17) is 14.9 Å². The fraction of sp³-hybridized carbons (Fsp3) is 0.333. The Labute approximate surface area is 132 Å². The summed E-state index contributed by atoms with van der Waals surface area (Å²) in [7, 11) is 0. The number of ketones is 1. The molecule has 0 aliphatic heterocycles. The normalized spacial score (nSPS) is 11.3. The zero-order valence-corrected chi connectivity index (χ0v) is 12.2. The molecule has 0 aliphatic rings. The number of hydrogen-bond acceptors (Lipinski definition) is 5. The summed E-state index contributed by atoms with van der Waals surface area (Å²) < 4.78 is 4.90. The van der Waals surface area contributed by atoms with Gasteiger partial charge in [-0.1, -0.05) is 30.3 Å². The maximum atomic E-state index is 11.6. The molecule has 0 spiro atoms. The number of amides is 1. The summed E-state index contributed by atoms with van der Waals surface area (Å²) in [5.41, 5.74) is 0.751. The number of carboxylic acids is 2. The number of benzene rings is 1. The Morgan fingerprint density at radius 1 is 1.09 bits per heavy atom. The second-order valence-corrected chi connectivity index (χ2v) is 4.72. The largest absolute Gasteiger partial charge is 0.480 e. The van der Waals surface area contributed by atoms with Crippen molar-refractivity contribution in [2.45, 2.75) is 31.9 Å². The van der Waals surface area contributed by atoms with Crippen molar-refractivity contribution in [2.24, 2.45) is 0 Å². The molecule has 0 unspecified atom stereocenters. The van der Waals surface area contributed by atoms with Crippen molar-refractivity contribution in [3.05, 3.63) is 35.9 Å². The van der Waals surface area contributed by atoms with Gasteiger partial charge in [0.2, 0.25) is 5.78 Å². The minimum atomic E-state index is -1.56. The smallest absolute Gasteiger partial charge is 0.408 e. The lowest BCUT2D eigenvalue weighted by atomic mass is 10.1. The molecule has 1 atom stereocenters. The lowest BCUT2D eigenvalue weighted by molar-refractivity contribution is -0.149. The average molecular weight is 323 g/mol. The predicted octanol–water partition coefficient (Wildman–Crippen LogP) is 1.19. The van der Waals surface area contributed by atoms with Gasteiger partial charge in [0.05, 0.1) is 0 Å². The molecule has 1 aromatic carbocycles. The fourth-order valence-electron chi connectivity index (χ4n) is 1.74. The highest BCUT2D eigenvalue weighted by atomic mass is 16.5. The van der Waals surface area contributed by atoms with Crippen LogP contribution in [0.4, 0.5) is 4.79 Å². The first-order chi connectivity index (χ1) is 10.9. The molecule has 8 heteroatoms. The molecule has 0 saturated carbocycles. The average Bonchev–Trinajstić information content (AvgIpc) is 2.52. The molecule has 1 rings (SSSR count). The van der Waals surface area contributed by atoms with Crippen LogP contribution in [-0.4, -0.2) is 40.1 Å². The molecule has 0 aliphatic carbocycles. The molecule has 0 saturated heterocycles. The number of aliphatic carboxylic acids is 2. The second-order valence-electron chi connectivity index (χ2n) is 4.72. The third kappa shape index (κ3) is 7.07. The Morgan fingerprint density at radius 3 is 2.30 bits per heavy atom. The highest BCUT2D eigenvalue weighted by Crippen LogP contribution is 2.05. The van der Waals surface area contributed by atoms with Gasteiger partial charge in [-0.15, -0.1) is 0 Å². The number of carbonyl (C=O) groups excluding carboxylic acids is 2. The monoisotopic (exact) mass is 323 g/mol. The number of carboxylic acid groups (broad SMARTS) is 2. The van der Waals surface area contributed by atoms with Crippen molar-refractivity contribution < 1.29 is 34.1 Å². The highest BCUT2D eigenvalue weighted by Gasteiger charge is 2.21. The van der Waals surface area contributed by atoms with Gasteiger partial charge in [0, 0.05) is 6.42 Å². The van der Waals surface area contributed by atoms with E-state index < -0.39 is 29.9 Å². The Balaban J connectivity index is 2.39. The van der Waals surface area contributed by atoms with Crippen LogP contribution in [-0.2, 0) is 25.7 Å². The number of nitrogens with one attached hydrogen (secondary N) is 1. The first kappa shape index (κ1) is 18.1. The van der Waals surface area contributed by atoms with Crippen molar-refractivity contribution in [3.8, 4) is 0 Å². The van der Waals surface area contributed by atoms with Gasteiger partial charge in [0.1, 0.15) is 12.6 Å². The molecule has 3 N–H and O–H groups in total. The number of rotatable bonds is 9. The van der Waals surface area contributed by atoms with Crippen LogP contribution in [0.25, 0.3) is 0 Å². The number of ether oxygens (including phenoxy) is 1. The molecule has 1 amide bonds. The first-order valence-electron chi connectivity index (χ1n) is 6.86. The van der Waals surface area contributed by atoms with Crippen LogP contribution in [0.5, 0.6) is 0 Å². The number of hydrogen-bond donors (Lipinski definition) is 3. The molecule has 23 heavy (non-hydrogen) atoms. The summed E-state index contributed by atoms with van der Waals surface area (Å²) in [5.74, 6) is -3.85. The van der Waals surface area contributed by atoms with E-state index in [1.165, 1.54) is 0 Å². The Hall–Kier alpha value is -2.90. The van der Waals surface area contributed by atoms with E-state index in [-0.39, 0.29) is 25.9 Å². The van der Waals surface area contributed by atoms with Gasteiger partial charge >= 0.3 is 18.0 Å². The molecule has 0 fully saturated rings. The van der Waals surface area contributed by atoms with Crippen molar-refractivity contribution in [1.29, 1.82) is 0 Å². The first-order valence-corrected chi connectivity index (χ1v) is 6.86. The standard InChI is InChI=1S/C15H17NO7/c17-12(14(20)21)8-4-7-11(13(18)19)16-15(22)23-9-10-5-2-1-3-6-10/h1-3,5-6,11H,4,7-9H2,(H,16,22)(H,18,19)(H,20,21)/t11-/m0/s1. The molecule has 0 heterocycles. The Morgan fingerprint density at radius 2 is 1.74 bits per heavy atom. The Bertz CT molecular complexity index is 570. The summed E-state index contributed by atoms with van der Waals surface area (Å²) in [6, 6.07) is 7.60. The van der Waals surface area contributed by atoms with Gasteiger partial charge in [-0.25, -0.2) is 14.4 Å². The summed E-state index contributed by atoms with van der Waals surface area (Å²) in [5, 5.41) is 19.6. The summed E-state index contributed by atoms with van der Waals surface area (Å²) in [4.78, 5) is 43.9. The highest BCUT2D eigenvalue weighted by molar-refractivity contribution is 6.32. The van der Waals surface area contributed by atoms with Gasteiger partial charge in [-0.2, -0.15) is 0 Å². The molecule has 0 aromatic heterocycles. The molecular weight excluding hydrogens is 306 g/mol. The topological polar surface area (TPSA) is 130 Å². The van der Waals surface area contributed by atoms with Gasteiger partial charge in [-0.05, 0) is 18.4 Å². The quantitative estimate of drug-likeness (QED) is 0.582. The number of alkyl carbamates (subject to hydrolysis) is 1. The van der Waals surface area contributed by atoms with Crippen LogP contribution < -0.4 is 5.32 Å². The summed E-state index contributed by atoms with van der Waals surface area (Å²) in [6.07, 6.45) is -1.23. The summed E-state index contributed by atoms with van der Waals surface area (Å²) in [6.45, 7) is -0.00346. The third-order valence-electron chi connectivity index (χ3n) is 2.94. The van der Waals surface area contributed by atoms with Crippen LogP contribution in [0, 0.1) is 0 Å². The van der Waals surface area contributed by atoms with Gasteiger partial charge in [-0.3, -0.25) is 4.79 Å². The van der Waals surface area contributed by atoms with Gasteiger partial charge < -0.3 is 20.3 Å². The molecule has 1 aromatic rings. The lowest BCUT2D eigenvalue weighted by Crippen LogP contribution is -2.41. The van der Waals surface area contributed by atoms with Crippen molar-refractivity contribution in [2.75, 3.05) is 0 Å². The predicted molar refractivity (Wildman–Crippen MR) is 77.7 cm³/mol. The van der Waals surface area contributed by atoms with Crippen LogP contribution in [0.1, 0.15) is 24.8 Å². The zero-order chi connectivity index (χ0) is 17.2. The SMILES string of the molecule is O=C(N[C@@H](CCCC(=O)C(=O)O)C(=O)O)OCc1ccccc1. The maximum absolute atomic E-state index is 11.6. The second kappa shape index (κ2) is 9.19. The van der Waals surface area contributed by atoms with Crippen LogP contribution in [0.15, 0.2) is 30.3 Å². The minimum Gasteiger partial charge on any atom is -0.480 e. The van der Waals surface area contributed by atoms with Crippen LogP contribution in [0.2, 0.25) is 0 Å². The van der Waals surface area contributed by atoms with Crippen molar-refractivity contribution >= 4 is 23.8 Å². The molecule has 124 valence electrons. The minimum absolute atomic E-state index is 0.00346. The lowest BCUT2D eigenvalue weighted by Gasteiger charge is -2.14. The Kier molecular flexibility index (Phi) is 7.25. The molecular formula is C15H17NO7. The van der Waals surface area contributed by atoms with E-state index in [1.54, 1.807) is 24.3 Å². The van der Waals surface area contributed by atoms with Crippen molar-refractivity contribution in [1.82, 2.24) is 5.32 Å². The molecule has 8 nitrogen and oxygen atoms in total. The van der Waals surface area contributed by atoms with E-state index in [1.807, 2.05) is 6.07 Å². The maximum Gasteiger partial charge on any atom is 0.408 e. The fourth-order valence-corrected chi connectivity index (χ4v) is 1.74. The molecule has 0 radical (unpaired) electrons. The number of carbonyl (C=O) groups is 4. The molecule has 0 bridgehead atoms. The third-order valence-corrected chi connectivity index (χ3v) is 2.94. The van der Waals surface area contributed by atoms with Gasteiger partial charge in [0.15, 0.2) is 0 Å². The van der Waals surface area contributed by atoms with Crippen LogP contribution >= 0.6 is 0 Å². The van der Waals surface area contributed by atoms with E-state index >= 15 is 0 Å². The van der Waals surface area contributed by atoms with E-state index in [0.717, 1.165) is 5.56 Å².